The van der Waals surface area contributed by atoms with E-state index in [0.29, 0.717) is 44.0 Å². The van der Waals surface area contributed by atoms with Crippen LogP contribution in [0.5, 0.6) is 0 Å². The highest BCUT2D eigenvalue weighted by Crippen LogP contribution is 2.32. The molecule has 35 heavy (non-hydrogen) atoms. The topological polar surface area (TPSA) is 93.3 Å². The summed E-state index contributed by atoms with van der Waals surface area (Å²) in [5.41, 5.74) is 4.74. The second-order valence-corrected chi connectivity index (χ2v) is 11.6. The van der Waals surface area contributed by atoms with E-state index in [0.717, 1.165) is 22.6 Å². The minimum atomic E-state index is -3.00. The van der Waals surface area contributed by atoms with E-state index in [1.807, 2.05) is 23.4 Å². The lowest BCUT2D eigenvalue weighted by molar-refractivity contribution is 0.0735. The molecule has 9 nitrogen and oxygen atoms in total. The fourth-order valence-corrected chi connectivity index (χ4v) is 6.85. The van der Waals surface area contributed by atoms with E-state index in [9.17, 15) is 17.6 Å². The Morgan fingerprint density at radius 1 is 1.06 bits per heavy atom. The number of amides is 1. The van der Waals surface area contributed by atoms with E-state index < -0.39 is 9.84 Å². The summed E-state index contributed by atoms with van der Waals surface area (Å²) in [6.45, 7) is 6.36. The number of hydrogen-bond donors (Lipinski definition) is 0. The van der Waals surface area contributed by atoms with Gasteiger partial charge in [-0.15, -0.1) is 0 Å². The van der Waals surface area contributed by atoms with Gasteiger partial charge in [-0.3, -0.25) is 14.2 Å². The molecular formula is C24H29FN6O3S. The number of benzene rings is 1. The Morgan fingerprint density at radius 3 is 2.37 bits per heavy atom. The van der Waals surface area contributed by atoms with Crippen LogP contribution in [-0.4, -0.2) is 76.5 Å². The number of sulfone groups is 1. The molecular weight excluding hydrogens is 471 g/mol. The van der Waals surface area contributed by atoms with Gasteiger partial charge in [0.05, 0.1) is 40.3 Å². The number of aromatic nitrogens is 4. The van der Waals surface area contributed by atoms with Gasteiger partial charge in [-0.05, 0) is 50.6 Å². The highest BCUT2D eigenvalue weighted by Gasteiger charge is 2.33. The smallest absolute Gasteiger partial charge is 0.272 e. The number of nitrogens with zero attached hydrogens (tertiary/aromatic N) is 6. The summed E-state index contributed by atoms with van der Waals surface area (Å²) in [6, 6.07) is 7.68. The van der Waals surface area contributed by atoms with Gasteiger partial charge in [0.1, 0.15) is 11.5 Å². The lowest BCUT2D eigenvalue weighted by Gasteiger charge is -2.36. The Kier molecular flexibility index (Phi) is 5.90. The zero-order valence-corrected chi connectivity index (χ0v) is 20.9. The van der Waals surface area contributed by atoms with Gasteiger partial charge >= 0.3 is 0 Å². The molecule has 0 bridgehead atoms. The molecule has 4 heterocycles. The van der Waals surface area contributed by atoms with E-state index in [1.165, 1.54) is 12.1 Å². The van der Waals surface area contributed by atoms with Crippen molar-refractivity contribution in [3.63, 3.8) is 0 Å². The summed E-state index contributed by atoms with van der Waals surface area (Å²) in [5, 5.41) is 9.12. The monoisotopic (exact) mass is 500 g/mol. The molecule has 2 aliphatic rings. The summed E-state index contributed by atoms with van der Waals surface area (Å²) in [6.07, 6.45) is 0.594. The van der Waals surface area contributed by atoms with Gasteiger partial charge in [0.2, 0.25) is 0 Å². The zero-order valence-electron chi connectivity index (χ0n) is 20.1. The minimum absolute atomic E-state index is 0.0895. The van der Waals surface area contributed by atoms with Crippen LogP contribution in [0.3, 0.4) is 0 Å². The van der Waals surface area contributed by atoms with Crippen molar-refractivity contribution >= 4 is 21.4 Å². The molecule has 1 amide bonds. The molecule has 0 N–H and O–H groups in total. The van der Waals surface area contributed by atoms with E-state index in [-0.39, 0.29) is 29.3 Å². The molecule has 1 atom stereocenters. The molecule has 0 radical (unpaired) electrons. The van der Waals surface area contributed by atoms with Crippen molar-refractivity contribution in [1.29, 1.82) is 0 Å². The highest BCUT2D eigenvalue weighted by atomic mass is 32.2. The molecule has 2 fully saturated rings. The average Bonchev–Trinajstić information content (AvgIpc) is 3.48. The van der Waals surface area contributed by atoms with Crippen LogP contribution in [0.4, 0.5) is 10.1 Å². The maximum Gasteiger partial charge on any atom is 0.272 e. The number of halogens is 1. The first-order valence-electron chi connectivity index (χ1n) is 11.7. The van der Waals surface area contributed by atoms with Gasteiger partial charge in [-0.1, -0.05) is 0 Å². The molecule has 1 aromatic carbocycles. The summed E-state index contributed by atoms with van der Waals surface area (Å²) in [5.74, 6) is -0.0546. The van der Waals surface area contributed by atoms with Gasteiger partial charge in [-0.2, -0.15) is 10.2 Å². The normalized spacial score (nSPS) is 19.9. The van der Waals surface area contributed by atoms with E-state index in [1.54, 1.807) is 29.9 Å². The predicted molar refractivity (Wildman–Crippen MR) is 131 cm³/mol. The van der Waals surface area contributed by atoms with Crippen molar-refractivity contribution in [3.05, 3.63) is 53.2 Å². The fourth-order valence-electron chi connectivity index (χ4n) is 5.16. The standard InChI is InChI=1S/C24H29FN6O3S/c1-16-23(17(2)31(26-16)20-8-13-35(33,34)15-20)29-9-11-30(12-10-29)24(32)22-14-21(27-28(22)3)18-4-6-19(25)7-5-18/h4-7,14,20H,8-13,15H2,1-3H3. The van der Waals surface area contributed by atoms with Crippen molar-refractivity contribution in [2.45, 2.75) is 26.3 Å². The number of carbonyl (C=O) groups is 1. The van der Waals surface area contributed by atoms with Crippen molar-refractivity contribution in [3.8, 4) is 11.3 Å². The summed E-state index contributed by atoms with van der Waals surface area (Å²) >= 11 is 0. The molecule has 2 aliphatic heterocycles. The Balaban J connectivity index is 1.28. The van der Waals surface area contributed by atoms with Gasteiger partial charge in [-0.25, -0.2) is 12.8 Å². The molecule has 0 aliphatic carbocycles. The second kappa shape index (κ2) is 8.78. The van der Waals surface area contributed by atoms with Crippen LogP contribution in [0.25, 0.3) is 11.3 Å². The quantitative estimate of drug-likeness (QED) is 0.546. The largest absolute Gasteiger partial charge is 0.365 e. The molecule has 3 aromatic rings. The fraction of sp³-hybridized carbons (Fsp3) is 0.458. The molecule has 11 heteroatoms. The second-order valence-electron chi connectivity index (χ2n) is 9.35. The molecule has 0 saturated carbocycles. The first-order chi connectivity index (χ1) is 16.6. The van der Waals surface area contributed by atoms with Gasteiger partial charge < -0.3 is 9.80 Å². The Hall–Kier alpha value is -3.21. The van der Waals surface area contributed by atoms with Crippen LogP contribution in [0.15, 0.2) is 30.3 Å². The van der Waals surface area contributed by atoms with Crippen molar-refractivity contribution in [2.24, 2.45) is 7.05 Å². The number of piperazine rings is 1. The minimum Gasteiger partial charge on any atom is -0.365 e. The molecule has 2 saturated heterocycles. The van der Waals surface area contributed by atoms with Crippen LogP contribution >= 0.6 is 0 Å². The lowest BCUT2D eigenvalue weighted by Crippen LogP contribution is -2.49. The lowest BCUT2D eigenvalue weighted by atomic mass is 10.1. The Labute approximate surface area is 204 Å². The average molecular weight is 501 g/mol. The van der Waals surface area contributed by atoms with Crippen LogP contribution in [0.2, 0.25) is 0 Å². The number of rotatable bonds is 4. The SMILES string of the molecule is Cc1nn(C2CCS(=O)(=O)C2)c(C)c1N1CCN(C(=O)c2cc(-c3ccc(F)cc3)nn2C)CC1. The summed E-state index contributed by atoms with van der Waals surface area (Å²) in [4.78, 5) is 17.3. The Bertz CT molecular complexity index is 1370. The van der Waals surface area contributed by atoms with E-state index in [2.05, 4.69) is 15.1 Å². The Morgan fingerprint density at radius 2 is 1.74 bits per heavy atom. The number of carbonyl (C=O) groups excluding carboxylic acids is 1. The first-order valence-corrected chi connectivity index (χ1v) is 13.6. The van der Waals surface area contributed by atoms with Crippen molar-refractivity contribution < 1.29 is 17.6 Å². The first kappa shape index (κ1) is 23.5. The summed E-state index contributed by atoms with van der Waals surface area (Å²) < 4.78 is 40.6. The van der Waals surface area contributed by atoms with Crippen LogP contribution in [-0.2, 0) is 16.9 Å². The molecule has 0 spiro atoms. The van der Waals surface area contributed by atoms with Gasteiger partial charge in [0.25, 0.3) is 5.91 Å². The van der Waals surface area contributed by atoms with Crippen LogP contribution in [0.1, 0.15) is 34.3 Å². The molecule has 5 rings (SSSR count). The third-order valence-corrected chi connectivity index (χ3v) is 8.71. The van der Waals surface area contributed by atoms with Crippen molar-refractivity contribution in [1.82, 2.24) is 24.5 Å². The van der Waals surface area contributed by atoms with Gasteiger partial charge in [0, 0.05) is 38.8 Å². The summed E-state index contributed by atoms with van der Waals surface area (Å²) in [7, 11) is -1.26. The third kappa shape index (κ3) is 4.44. The predicted octanol–water partition coefficient (Wildman–Crippen LogP) is 2.36. The molecule has 1 unspecified atom stereocenters. The number of hydrogen-bond acceptors (Lipinski definition) is 6. The zero-order chi connectivity index (χ0) is 24.9. The molecule has 186 valence electrons. The van der Waals surface area contributed by atoms with Gasteiger partial charge in [0.15, 0.2) is 9.84 Å². The maximum absolute atomic E-state index is 13.3. The van der Waals surface area contributed by atoms with Crippen LogP contribution in [0, 0.1) is 19.7 Å². The van der Waals surface area contributed by atoms with E-state index >= 15 is 0 Å². The number of anilines is 1. The molecule has 2 aromatic heterocycles. The third-order valence-electron chi connectivity index (χ3n) is 6.96. The number of aryl methyl sites for hydroxylation is 2. The van der Waals surface area contributed by atoms with E-state index in [4.69, 9.17) is 0 Å². The van der Waals surface area contributed by atoms with Crippen LogP contribution < -0.4 is 4.90 Å². The highest BCUT2D eigenvalue weighted by molar-refractivity contribution is 7.91. The maximum atomic E-state index is 13.3. The van der Waals surface area contributed by atoms with Crippen molar-refractivity contribution in [2.75, 3.05) is 42.6 Å².